The summed E-state index contributed by atoms with van der Waals surface area (Å²) in [5.41, 5.74) is 8.89. The predicted octanol–water partition coefficient (Wildman–Crippen LogP) is 5.24. The summed E-state index contributed by atoms with van der Waals surface area (Å²) in [6.45, 7) is 22.4. The van der Waals surface area contributed by atoms with Crippen LogP contribution in [0.5, 0.6) is 0 Å². The average Bonchev–Trinajstić information content (AvgIpc) is 3.25. The van der Waals surface area contributed by atoms with Crippen LogP contribution in [0.15, 0.2) is 77.3 Å². The number of β-amino-alcohol motifs (C(OH)–C–C–N with tert-alkyl or cyclic N) is 1. The number of nitrogens with one attached hydrogen (secondary N) is 5. The maximum Gasteiger partial charge on any atom is 0.253 e. The van der Waals surface area contributed by atoms with Gasteiger partial charge in [0.15, 0.2) is 0 Å². The van der Waals surface area contributed by atoms with E-state index in [1.165, 1.54) is 4.90 Å². The minimum atomic E-state index is -0.942. The molecule has 6 aromatic rings. The van der Waals surface area contributed by atoms with Gasteiger partial charge >= 0.3 is 0 Å². The molecule has 88 heavy (non-hydrogen) atoms. The first-order chi connectivity index (χ1) is 42.2. The van der Waals surface area contributed by atoms with Crippen LogP contribution >= 0.6 is 11.3 Å². The van der Waals surface area contributed by atoms with Crippen LogP contribution in [0.4, 0.5) is 5.82 Å². The minimum Gasteiger partial charge on any atom is -0.391 e. The van der Waals surface area contributed by atoms with Crippen LogP contribution in [-0.4, -0.2) is 186 Å². The highest BCUT2D eigenvalue weighted by molar-refractivity contribution is 7.13. The van der Waals surface area contributed by atoms with Gasteiger partial charge in [-0.05, 0) is 92.6 Å². The molecule has 0 aliphatic carbocycles. The van der Waals surface area contributed by atoms with Gasteiger partial charge < -0.3 is 60.1 Å². The summed E-state index contributed by atoms with van der Waals surface area (Å²) in [6, 6.07) is 15.9. The molecular formula is C64H86N12O11S. The first kappa shape index (κ1) is 66.5. The maximum absolute atomic E-state index is 14.0. The second-order valence-electron chi connectivity index (χ2n) is 23.7. The van der Waals surface area contributed by atoms with Crippen molar-refractivity contribution in [3.05, 3.63) is 116 Å². The highest BCUT2D eigenvalue weighted by atomic mass is 32.1. The van der Waals surface area contributed by atoms with Crippen LogP contribution in [0.1, 0.15) is 98.4 Å². The largest absolute Gasteiger partial charge is 0.391 e. The van der Waals surface area contributed by atoms with Crippen molar-refractivity contribution in [2.45, 2.75) is 112 Å². The summed E-state index contributed by atoms with van der Waals surface area (Å²) in [7, 11) is 0. The van der Waals surface area contributed by atoms with Crippen molar-refractivity contribution in [1.82, 2.24) is 55.8 Å². The number of aromatic amines is 1. The van der Waals surface area contributed by atoms with E-state index >= 15 is 0 Å². The lowest BCUT2D eigenvalue weighted by Crippen LogP contribution is -2.57. The molecular weight excluding hydrogens is 1140 g/mol. The van der Waals surface area contributed by atoms with Crippen LogP contribution in [0.2, 0.25) is 0 Å². The first-order valence-corrected chi connectivity index (χ1v) is 31.2. The van der Waals surface area contributed by atoms with Crippen molar-refractivity contribution in [1.29, 1.82) is 0 Å². The van der Waals surface area contributed by atoms with E-state index in [0.29, 0.717) is 50.7 Å². The molecule has 5 amide bonds. The number of thiazole rings is 1. The molecule has 3 atom stereocenters. The summed E-state index contributed by atoms with van der Waals surface area (Å²) < 4.78 is 24.3. The number of hydrogen-bond donors (Lipinski definition) is 6. The number of likely N-dealkylation sites (tertiary alicyclic amines) is 1. The predicted molar refractivity (Wildman–Crippen MR) is 337 cm³/mol. The number of pyridine rings is 2. The Balaban J connectivity index is 0.638. The van der Waals surface area contributed by atoms with E-state index in [9.17, 15) is 33.9 Å². The molecule has 0 bridgehead atoms. The molecule has 6 N–H and O–H groups in total. The van der Waals surface area contributed by atoms with Gasteiger partial charge in [-0.1, -0.05) is 45.0 Å². The SMILES string of the molecule is Cc1cc(C)c(CNC(=O)c2cc(-c3ccc(N4CCN(CCNC(=O)CCOCCOCCOCCOCCC(=O)NC(C(=O)N5C[C@H](O)C[C@H]5C(=O)NCc5ccc(-c6scnc6C)cc5)C(C)(C)C)CC4)nc3)cc3c2cnn3C(C)C)c(=O)[nH]1. The monoisotopic (exact) mass is 1230 g/mol. The van der Waals surface area contributed by atoms with Gasteiger partial charge in [-0.2, -0.15) is 5.10 Å². The molecule has 24 heteroatoms. The number of aliphatic hydroxyl groups excluding tert-OH is 1. The van der Waals surface area contributed by atoms with Crippen LogP contribution in [0.25, 0.3) is 32.5 Å². The van der Waals surface area contributed by atoms with Crippen molar-refractivity contribution in [3.63, 3.8) is 0 Å². The zero-order chi connectivity index (χ0) is 62.9. The topological polar surface area (TPSA) is 277 Å². The normalized spacial score (nSPS) is 15.9. The van der Waals surface area contributed by atoms with Gasteiger partial charge in [-0.15, -0.1) is 11.3 Å². The summed E-state index contributed by atoms with van der Waals surface area (Å²) in [5.74, 6) is -0.688. The average molecular weight is 1230 g/mol. The van der Waals surface area contributed by atoms with E-state index in [-0.39, 0.29) is 93.9 Å². The Bertz CT molecular complexity index is 3370. The third-order valence-corrected chi connectivity index (χ3v) is 16.6. The number of aryl methyl sites for hydroxylation is 3. The van der Waals surface area contributed by atoms with Gasteiger partial charge in [0.25, 0.3) is 11.5 Å². The van der Waals surface area contributed by atoms with E-state index in [0.717, 1.165) is 93.5 Å². The minimum absolute atomic E-state index is 0.0126. The molecule has 2 aliphatic heterocycles. The number of carbonyl (C=O) groups is 5. The molecule has 8 rings (SSSR count). The Hall–Kier alpha value is -7.45. The number of amides is 5. The second kappa shape index (κ2) is 31.6. The Morgan fingerprint density at radius 1 is 0.761 bits per heavy atom. The van der Waals surface area contributed by atoms with Gasteiger partial charge in [0.2, 0.25) is 23.6 Å². The number of fused-ring (bicyclic) bond motifs is 1. The van der Waals surface area contributed by atoms with Crippen molar-refractivity contribution in [3.8, 4) is 21.6 Å². The molecule has 2 saturated heterocycles. The number of aliphatic hydroxyl groups is 1. The van der Waals surface area contributed by atoms with Gasteiger partial charge in [0, 0.05) is 113 Å². The van der Waals surface area contributed by atoms with Gasteiger partial charge in [0.1, 0.15) is 17.9 Å². The van der Waals surface area contributed by atoms with Crippen molar-refractivity contribution < 1.29 is 48.0 Å². The molecule has 2 fully saturated rings. The maximum atomic E-state index is 14.0. The lowest BCUT2D eigenvalue weighted by molar-refractivity contribution is -0.144. The number of nitrogens with zero attached hydrogens (tertiary/aromatic N) is 7. The number of carbonyl (C=O) groups excluding carboxylic acids is 5. The van der Waals surface area contributed by atoms with Crippen LogP contribution in [0, 0.1) is 26.2 Å². The number of H-pyrrole nitrogens is 1. The fourth-order valence-electron chi connectivity index (χ4n) is 10.8. The molecule has 0 saturated carbocycles. The van der Waals surface area contributed by atoms with Gasteiger partial charge in [0.05, 0.1) is 92.3 Å². The summed E-state index contributed by atoms with van der Waals surface area (Å²) >= 11 is 1.57. The fraction of sp³-hybridized carbons (Fsp3) is 0.516. The summed E-state index contributed by atoms with van der Waals surface area (Å²) in [5, 5.41) is 27.7. The van der Waals surface area contributed by atoms with Gasteiger partial charge in [-0.25, -0.2) is 9.97 Å². The van der Waals surface area contributed by atoms with Gasteiger partial charge in [-0.3, -0.25) is 38.3 Å². The number of ether oxygens (including phenoxy) is 4. The standard InChI is InChI=1S/C64H86N12O11S/c1-41(2)76-53-33-48(32-50(52(53)38-70-76)60(80)68-37-51-42(3)31-43(4)71-61(51)81)47-13-14-55(66-36-47)74-21-19-73(20-22-74)18-17-65-56(78)15-23-84-25-27-86-29-30-87-28-26-85-24-16-57(79)72-59(64(6,7)8)63(83)75-39-49(77)34-54(75)62(82)67-35-45-9-11-46(12-10-45)58-44(5)69-40-88-58/h9-14,31-33,36,38,40-41,49,54,59,77H,15-30,34-35,37,39H2,1-8H3,(H,65,78)(H,67,82)(H,68,80)(H,71,81)(H,72,79)/t49-,54+,59?/m1/s1. The highest BCUT2D eigenvalue weighted by Gasteiger charge is 2.44. The number of rotatable bonds is 30. The number of anilines is 1. The van der Waals surface area contributed by atoms with Crippen molar-refractivity contribution in [2.24, 2.45) is 5.41 Å². The van der Waals surface area contributed by atoms with Crippen LogP contribution in [-0.2, 0) is 51.2 Å². The first-order valence-electron chi connectivity index (χ1n) is 30.3. The zero-order valence-corrected chi connectivity index (χ0v) is 52.8. The summed E-state index contributed by atoms with van der Waals surface area (Å²) in [4.78, 5) is 98.5. The Morgan fingerprint density at radius 3 is 2.03 bits per heavy atom. The molecule has 4 aromatic heterocycles. The molecule has 6 heterocycles. The van der Waals surface area contributed by atoms with Crippen LogP contribution in [0.3, 0.4) is 0 Å². The molecule has 474 valence electrons. The quantitative estimate of drug-likeness (QED) is 0.0315. The number of benzene rings is 2. The van der Waals surface area contributed by atoms with Crippen LogP contribution < -0.4 is 31.7 Å². The molecule has 2 aliphatic rings. The summed E-state index contributed by atoms with van der Waals surface area (Å²) in [6.07, 6.45) is 3.03. The molecule has 0 spiro atoms. The Labute approximate surface area is 518 Å². The fourth-order valence-corrected chi connectivity index (χ4v) is 11.6. The zero-order valence-electron chi connectivity index (χ0n) is 51.9. The number of piperazine rings is 1. The number of aromatic nitrogens is 5. The molecule has 23 nitrogen and oxygen atoms in total. The third-order valence-electron chi connectivity index (χ3n) is 15.7. The lowest BCUT2D eigenvalue weighted by atomic mass is 9.85. The molecule has 1 unspecified atom stereocenters. The van der Waals surface area contributed by atoms with E-state index < -0.39 is 29.5 Å². The second-order valence-corrected chi connectivity index (χ2v) is 24.6. The molecule has 0 radical (unpaired) electrons. The number of hydrogen-bond acceptors (Lipinski definition) is 17. The van der Waals surface area contributed by atoms with E-state index in [1.54, 1.807) is 17.5 Å². The van der Waals surface area contributed by atoms with E-state index in [4.69, 9.17) is 23.9 Å². The lowest BCUT2D eigenvalue weighted by Gasteiger charge is -2.35. The third kappa shape index (κ3) is 18.3. The highest BCUT2D eigenvalue weighted by Crippen LogP contribution is 2.32. The van der Waals surface area contributed by atoms with E-state index in [1.807, 2.05) is 126 Å². The van der Waals surface area contributed by atoms with Crippen molar-refractivity contribution >= 4 is 57.6 Å². The Morgan fingerprint density at radius 2 is 1.42 bits per heavy atom. The van der Waals surface area contributed by atoms with E-state index in [2.05, 4.69) is 46.1 Å². The smallest absolute Gasteiger partial charge is 0.253 e. The Kier molecular flexibility index (Phi) is 23.9. The van der Waals surface area contributed by atoms with Crippen molar-refractivity contribution in [2.75, 3.05) is 104 Å². The molecule has 2 aromatic carbocycles.